The number of benzene rings is 1. The number of hydrogen-bond donors (Lipinski definition) is 7. The van der Waals surface area contributed by atoms with Gasteiger partial charge in [-0.1, -0.05) is 6.07 Å². The number of aliphatic hydroxyl groups excluding tert-OH is 3. The number of nitrogens with one attached hydrogen (secondary N) is 1. The molecule has 1 fully saturated rings. The third kappa shape index (κ3) is 3.89. The lowest BCUT2D eigenvalue weighted by molar-refractivity contribution is -0.137. The van der Waals surface area contributed by atoms with Crippen molar-refractivity contribution in [3.63, 3.8) is 0 Å². The third-order valence-corrected chi connectivity index (χ3v) is 5.24. The van der Waals surface area contributed by atoms with Gasteiger partial charge in [0.05, 0.1) is 12.9 Å². The maximum atomic E-state index is 11.8. The zero-order chi connectivity index (χ0) is 23.0. The molecule has 0 saturated carbocycles. The van der Waals surface area contributed by atoms with Gasteiger partial charge in [-0.15, -0.1) is 0 Å². The summed E-state index contributed by atoms with van der Waals surface area (Å²) in [7, 11) is 0. The topological polar surface area (TPSA) is 203 Å². The summed E-state index contributed by atoms with van der Waals surface area (Å²) in [6, 6.07) is 2.85. The average Bonchev–Trinajstić information content (AvgIpc) is 3.32. The van der Waals surface area contributed by atoms with Crippen LogP contribution in [-0.2, 0) is 16.0 Å². The number of carboxylic acid groups (broad SMARTS) is 1. The van der Waals surface area contributed by atoms with Crippen LogP contribution in [0.2, 0.25) is 0 Å². The molecular formula is C19H21N5O8. The number of nitrogens with zero attached hydrogens (tertiary/aromatic N) is 4. The molecule has 0 radical (unpaired) electrons. The number of rotatable bonds is 7. The van der Waals surface area contributed by atoms with Gasteiger partial charge in [-0.05, 0) is 17.7 Å². The number of aromatic hydroxyl groups is 2. The number of carbonyl (C=O) groups is 1. The zero-order valence-electron chi connectivity index (χ0n) is 16.5. The van der Waals surface area contributed by atoms with Crippen molar-refractivity contribution >= 4 is 23.0 Å². The van der Waals surface area contributed by atoms with Crippen LogP contribution < -0.4 is 5.32 Å². The van der Waals surface area contributed by atoms with E-state index in [2.05, 4.69) is 20.3 Å². The molecule has 170 valence electrons. The number of aliphatic hydroxyl groups is 3. The van der Waals surface area contributed by atoms with E-state index in [9.17, 15) is 35.4 Å². The molecule has 1 aliphatic rings. The molecule has 3 heterocycles. The van der Waals surface area contributed by atoms with Crippen molar-refractivity contribution < 1.29 is 40.2 Å². The van der Waals surface area contributed by atoms with Gasteiger partial charge in [0.15, 0.2) is 34.7 Å². The largest absolute Gasteiger partial charge is 0.504 e. The fourth-order valence-corrected chi connectivity index (χ4v) is 3.55. The van der Waals surface area contributed by atoms with Crippen LogP contribution in [0.25, 0.3) is 11.2 Å². The van der Waals surface area contributed by atoms with Crippen molar-refractivity contribution in [2.75, 3.05) is 11.9 Å². The van der Waals surface area contributed by atoms with Gasteiger partial charge in [-0.3, -0.25) is 4.57 Å². The highest BCUT2D eigenvalue weighted by Gasteiger charge is 2.44. The number of phenols is 2. The summed E-state index contributed by atoms with van der Waals surface area (Å²) in [4.78, 5) is 24.2. The SMILES string of the molecule is O=C(O)C(Cc1ccc(O)c(O)c1)Nc1ncnc2c1ncn2C1OC(CO)C(O)C1O. The predicted octanol–water partition coefficient (Wildman–Crippen LogP) is -1.04. The molecule has 32 heavy (non-hydrogen) atoms. The minimum Gasteiger partial charge on any atom is -0.504 e. The van der Waals surface area contributed by atoms with Gasteiger partial charge in [-0.25, -0.2) is 19.7 Å². The van der Waals surface area contributed by atoms with Gasteiger partial charge in [0.1, 0.15) is 30.7 Å². The number of imidazole rings is 1. The Labute approximate surface area is 180 Å². The van der Waals surface area contributed by atoms with Crippen LogP contribution in [0.4, 0.5) is 5.82 Å². The van der Waals surface area contributed by atoms with Gasteiger partial charge < -0.3 is 40.7 Å². The molecule has 13 nitrogen and oxygen atoms in total. The molecule has 0 bridgehead atoms. The maximum Gasteiger partial charge on any atom is 0.326 e. The van der Waals surface area contributed by atoms with Crippen LogP contribution in [-0.4, -0.2) is 87.1 Å². The Morgan fingerprint density at radius 3 is 2.59 bits per heavy atom. The molecule has 5 unspecified atom stereocenters. The summed E-state index contributed by atoms with van der Waals surface area (Å²) in [5, 5.41) is 61.1. The number of phenolic OH excluding ortho intramolecular Hbond substituents is 2. The molecule has 3 aromatic rings. The van der Waals surface area contributed by atoms with E-state index in [0.29, 0.717) is 5.56 Å². The first-order valence-electron chi connectivity index (χ1n) is 9.60. The van der Waals surface area contributed by atoms with E-state index in [1.54, 1.807) is 0 Å². The summed E-state index contributed by atoms with van der Waals surface area (Å²) in [5.74, 6) is -1.77. The molecule has 1 aliphatic heterocycles. The number of ether oxygens (including phenoxy) is 1. The lowest BCUT2D eigenvalue weighted by atomic mass is 10.1. The van der Waals surface area contributed by atoms with Crippen LogP contribution in [0.1, 0.15) is 11.8 Å². The second-order valence-corrected chi connectivity index (χ2v) is 7.34. The summed E-state index contributed by atoms with van der Waals surface area (Å²) in [6.07, 6.45) is -2.25. The van der Waals surface area contributed by atoms with Crippen LogP contribution in [0, 0.1) is 0 Å². The quantitative estimate of drug-likeness (QED) is 0.217. The number of aromatic nitrogens is 4. The van der Waals surface area contributed by atoms with Gasteiger partial charge in [0, 0.05) is 6.42 Å². The summed E-state index contributed by atoms with van der Waals surface area (Å²) >= 11 is 0. The second-order valence-electron chi connectivity index (χ2n) is 7.34. The van der Waals surface area contributed by atoms with Gasteiger partial charge >= 0.3 is 5.97 Å². The smallest absolute Gasteiger partial charge is 0.326 e. The van der Waals surface area contributed by atoms with E-state index >= 15 is 0 Å². The van der Waals surface area contributed by atoms with Gasteiger partial charge in [0.25, 0.3) is 0 Å². The van der Waals surface area contributed by atoms with Gasteiger partial charge in [0.2, 0.25) is 0 Å². The third-order valence-electron chi connectivity index (χ3n) is 5.24. The highest BCUT2D eigenvalue weighted by atomic mass is 16.6. The van der Waals surface area contributed by atoms with Crippen molar-refractivity contribution in [3.8, 4) is 11.5 Å². The first kappa shape index (κ1) is 21.7. The minimum atomic E-state index is -1.34. The molecule has 0 aliphatic carbocycles. The Morgan fingerprint density at radius 1 is 1.16 bits per heavy atom. The van der Waals surface area contributed by atoms with E-state index in [1.807, 2.05) is 0 Å². The summed E-state index contributed by atoms with van der Waals surface area (Å²) in [5.41, 5.74) is 0.872. The van der Waals surface area contributed by atoms with E-state index in [4.69, 9.17) is 4.74 Å². The van der Waals surface area contributed by atoms with Crippen LogP contribution >= 0.6 is 0 Å². The highest BCUT2D eigenvalue weighted by molar-refractivity contribution is 5.86. The van der Waals surface area contributed by atoms with Crippen molar-refractivity contribution in [2.45, 2.75) is 37.0 Å². The molecule has 5 atom stereocenters. The Bertz CT molecular complexity index is 1140. The fraction of sp³-hybridized carbons (Fsp3) is 0.368. The van der Waals surface area contributed by atoms with Crippen LogP contribution in [0.3, 0.4) is 0 Å². The molecule has 0 spiro atoms. The van der Waals surface area contributed by atoms with E-state index in [-0.39, 0.29) is 34.9 Å². The lowest BCUT2D eigenvalue weighted by Gasteiger charge is -2.17. The zero-order valence-corrected chi connectivity index (χ0v) is 16.5. The summed E-state index contributed by atoms with van der Waals surface area (Å²) < 4.78 is 6.86. The van der Waals surface area contributed by atoms with Crippen LogP contribution in [0.15, 0.2) is 30.9 Å². The maximum absolute atomic E-state index is 11.8. The molecule has 1 aromatic carbocycles. The average molecular weight is 447 g/mol. The molecule has 4 rings (SSSR count). The standard InChI is InChI=1S/C19H21N5O8/c25-5-12-14(28)15(29)18(32-12)24-7-22-13-16(20-6-21-17(13)24)23-9(19(30)31)3-8-1-2-10(26)11(27)4-8/h1-2,4,6-7,9,12,14-15,18,25-29H,3,5H2,(H,30,31)(H,20,21,23). The molecule has 2 aromatic heterocycles. The Hall–Kier alpha value is -3.52. The number of fused-ring (bicyclic) bond motifs is 1. The Balaban J connectivity index is 1.61. The van der Waals surface area contributed by atoms with E-state index in [0.717, 1.165) is 0 Å². The van der Waals surface area contributed by atoms with Crippen molar-refractivity contribution in [3.05, 3.63) is 36.4 Å². The highest BCUT2D eigenvalue weighted by Crippen LogP contribution is 2.32. The molecule has 13 heteroatoms. The fourth-order valence-electron chi connectivity index (χ4n) is 3.55. The number of hydrogen-bond acceptors (Lipinski definition) is 11. The molecular weight excluding hydrogens is 426 g/mol. The van der Waals surface area contributed by atoms with Gasteiger partial charge in [-0.2, -0.15) is 0 Å². The minimum absolute atomic E-state index is 0.0375. The second kappa shape index (κ2) is 8.55. The van der Waals surface area contributed by atoms with E-state index < -0.39 is 43.2 Å². The molecule has 1 saturated heterocycles. The number of anilines is 1. The molecule has 0 amide bonds. The first-order valence-corrected chi connectivity index (χ1v) is 9.60. The summed E-state index contributed by atoms with van der Waals surface area (Å²) in [6.45, 7) is -0.490. The molecule has 7 N–H and O–H groups in total. The van der Waals surface area contributed by atoms with E-state index in [1.165, 1.54) is 35.4 Å². The first-order chi connectivity index (χ1) is 15.3. The van der Waals surface area contributed by atoms with Crippen LogP contribution in [0.5, 0.6) is 11.5 Å². The van der Waals surface area contributed by atoms with Crippen molar-refractivity contribution in [2.24, 2.45) is 0 Å². The normalized spacial score (nSPS) is 24.0. The Morgan fingerprint density at radius 2 is 1.94 bits per heavy atom. The monoisotopic (exact) mass is 447 g/mol. The van der Waals surface area contributed by atoms with Crippen molar-refractivity contribution in [1.29, 1.82) is 0 Å². The van der Waals surface area contributed by atoms with Crippen molar-refractivity contribution in [1.82, 2.24) is 19.5 Å². The Kier molecular flexibility index (Phi) is 5.80. The number of aliphatic carboxylic acids is 1. The lowest BCUT2D eigenvalue weighted by Crippen LogP contribution is -2.33. The predicted molar refractivity (Wildman–Crippen MR) is 107 cm³/mol. The number of carboxylic acids is 1.